The quantitative estimate of drug-likeness (QED) is 0.797. The fourth-order valence-corrected chi connectivity index (χ4v) is 4.57. The third kappa shape index (κ3) is 2.11. The van der Waals surface area contributed by atoms with E-state index in [0.29, 0.717) is 5.78 Å². The Hall–Kier alpha value is -1.89. The minimum atomic E-state index is -0.280. The second-order valence-electron chi connectivity index (χ2n) is 6.91. The van der Waals surface area contributed by atoms with Gasteiger partial charge in [0, 0.05) is 5.92 Å². The van der Waals surface area contributed by atoms with Gasteiger partial charge in [0.15, 0.2) is 0 Å². The highest BCUT2D eigenvalue weighted by Crippen LogP contribution is 2.46. The molecule has 2 aliphatic rings. The molecule has 2 unspecified atom stereocenters. The van der Waals surface area contributed by atoms with Gasteiger partial charge in [0.1, 0.15) is 5.78 Å². The summed E-state index contributed by atoms with van der Waals surface area (Å²) in [5.74, 6) is 0.744. The van der Waals surface area contributed by atoms with Crippen LogP contribution >= 0.6 is 0 Å². The van der Waals surface area contributed by atoms with Gasteiger partial charge < -0.3 is 0 Å². The van der Waals surface area contributed by atoms with Crippen molar-refractivity contribution >= 4 is 5.78 Å². The first-order valence-electron chi connectivity index (χ1n) is 8.46. The molecule has 2 aliphatic carbocycles. The fraction of sp³-hybridized carbons (Fsp3) is 0.381. The summed E-state index contributed by atoms with van der Waals surface area (Å²) in [5.41, 5.74) is 3.72. The molecule has 2 aromatic rings. The third-order valence-corrected chi connectivity index (χ3v) is 5.60. The Morgan fingerprint density at radius 2 is 1.73 bits per heavy atom. The third-order valence-electron chi connectivity index (χ3n) is 5.60. The Bertz CT molecular complexity index is 688. The largest absolute Gasteiger partial charge is 0.298 e. The van der Waals surface area contributed by atoms with Gasteiger partial charge in [0.2, 0.25) is 0 Å². The number of fused-ring (bicyclic) bond motifs is 4. The van der Waals surface area contributed by atoms with Gasteiger partial charge in [-0.3, -0.25) is 4.79 Å². The number of carbonyl (C=O) groups is 1. The molecule has 2 aromatic carbocycles. The highest BCUT2D eigenvalue weighted by molar-refractivity contribution is 5.95. The van der Waals surface area contributed by atoms with Gasteiger partial charge in [-0.1, -0.05) is 67.4 Å². The van der Waals surface area contributed by atoms with E-state index in [9.17, 15) is 4.79 Å². The van der Waals surface area contributed by atoms with E-state index in [1.165, 1.54) is 29.5 Å². The summed E-state index contributed by atoms with van der Waals surface area (Å²) in [6, 6.07) is 19.2. The highest BCUT2D eigenvalue weighted by Gasteiger charge is 2.48. The van der Waals surface area contributed by atoms with Crippen LogP contribution in [0.4, 0.5) is 0 Å². The number of ketones is 1. The van der Waals surface area contributed by atoms with Crippen LogP contribution in [0.3, 0.4) is 0 Å². The monoisotopic (exact) mass is 290 g/mol. The Labute approximate surface area is 132 Å². The van der Waals surface area contributed by atoms with Crippen molar-refractivity contribution in [2.75, 3.05) is 0 Å². The maximum absolute atomic E-state index is 13.3. The minimum Gasteiger partial charge on any atom is -0.298 e. The minimum absolute atomic E-state index is 0.237. The van der Waals surface area contributed by atoms with Crippen molar-refractivity contribution in [3.8, 4) is 0 Å². The lowest BCUT2D eigenvalue weighted by atomic mass is 9.61. The predicted octanol–water partition coefficient (Wildman–Crippen LogP) is 4.48. The molecule has 0 N–H and O–H groups in total. The van der Waals surface area contributed by atoms with E-state index < -0.39 is 0 Å². The molecule has 2 bridgehead atoms. The lowest BCUT2D eigenvalue weighted by molar-refractivity contribution is -0.129. The van der Waals surface area contributed by atoms with Crippen molar-refractivity contribution in [1.82, 2.24) is 0 Å². The molecule has 0 amide bonds. The van der Waals surface area contributed by atoms with Gasteiger partial charge in [-0.05, 0) is 42.4 Å². The molecule has 1 nitrogen and oxygen atoms in total. The second-order valence-corrected chi connectivity index (χ2v) is 6.91. The Morgan fingerprint density at radius 3 is 2.59 bits per heavy atom. The average molecular weight is 290 g/mol. The van der Waals surface area contributed by atoms with E-state index >= 15 is 0 Å². The average Bonchev–Trinajstić information content (AvgIpc) is 2.66. The second kappa shape index (κ2) is 5.39. The van der Waals surface area contributed by atoms with Crippen LogP contribution in [-0.2, 0) is 23.1 Å². The first kappa shape index (κ1) is 13.8. The number of carbonyl (C=O) groups excluding carboxylic acids is 1. The standard InChI is InChI=1S/C21H22O/c22-20-18-11-6-7-13-21(20,15-16-8-2-1-3-9-16)19-12-5-4-10-17(19)14-18/h1-5,8-10,12,18H,6-7,11,13-15H2. The van der Waals surface area contributed by atoms with Crippen molar-refractivity contribution in [3.63, 3.8) is 0 Å². The van der Waals surface area contributed by atoms with E-state index in [4.69, 9.17) is 0 Å². The lowest BCUT2D eigenvalue weighted by Crippen LogP contribution is -2.45. The molecule has 112 valence electrons. The summed E-state index contributed by atoms with van der Waals surface area (Å²) in [6.07, 6.45) is 6.26. The smallest absolute Gasteiger partial charge is 0.147 e. The maximum atomic E-state index is 13.3. The molecule has 2 atom stereocenters. The maximum Gasteiger partial charge on any atom is 0.147 e. The van der Waals surface area contributed by atoms with Gasteiger partial charge in [0.25, 0.3) is 0 Å². The summed E-state index contributed by atoms with van der Waals surface area (Å²) < 4.78 is 0. The first-order valence-corrected chi connectivity index (χ1v) is 8.46. The normalized spacial score (nSPS) is 27.1. The highest BCUT2D eigenvalue weighted by atomic mass is 16.1. The van der Waals surface area contributed by atoms with Gasteiger partial charge >= 0.3 is 0 Å². The summed E-state index contributed by atoms with van der Waals surface area (Å²) in [7, 11) is 0. The molecular weight excluding hydrogens is 268 g/mol. The van der Waals surface area contributed by atoms with Crippen molar-refractivity contribution in [1.29, 1.82) is 0 Å². The SMILES string of the molecule is O=C1C2CCCCC1(Cc1ccccc1)c1ccccc1C2. The number of hydrogen-bond acceptors (Lipinski definition) is 1. The summed E-state index contributed by atoms with van der Waals surface area (Å²) in [6.45, 7) is 0. The fourth-order valence-electron chi connectivity index (χ4n) is 4.57. The van der Waals surface area contributed by atoms with Crippen LogP contribution in [0.1, 0.15) is 42.4 Å². The number of rotatable bonds is 2. The molecule has 0 aromatic heterocycles. The van der Waals surface area contributed by atoms with Crippen LogP contribution < -0.4 is 0 Å². The van der Waals surface area contributed by atoms with E-state index in [0.717, 1.165) is 25.7 Å². The van der Waals surface area contributed by atoms with Crippen molar-refractivity contribution in [2.24, 2.45) is 5.92 Å². The van der Waals surface area contributed by atoms with Crippen LogP contribution in [0, 0.1) is 5.92 Å². The van der Waals surface area contributed by atoms with Gasteiger partial charge in [-0.2, -0.15) is 0 Å². The Morgan fingerprint density at radius 1 is 0.955 bits per heavy atom. The van der Waals surface area contributed by atoms with Crippen molar-refractivity contribution < 1.29 is 4.79 Å². The zero-order valence-electron chi connectivity index (χ0n) is 12.9. The van der Waals surface area contributed by atoms with Crippen molar-refractivity contribution in [2.45, 2.75) is 43.9 Å². The first-order chi connectivity index (χ1) is 10.8. The number of hydrogen-bond donors (Lipinski definition) is 0. The van der Waals surface area contributed by atoms with Crippen molar-refractivity contribution in [3.05, 3.63) is 71.3 Å². The molecule has 0 aliphatic heterocycles. The molecule has 1 heteroatoms. The van der Waals surface area contributed by atoms with Gasteiger partial charge in [-0.25, -0.2) is 0 Å². The van der Waals surface area contributed by atoms with Crippen LogP contribution in [0.25, 0.3) is 0 Å². The van der Waals surface area contributed by atoms with Gasteiger partial charge in [0.05, 0.1) is 5.41 Å². The Kier molecular flexibility index (Phi) is 3.37. The number of benzene rings is 2. The summed E-state index contributed by atoms with van der Waals surface area (Å²) in [4.78, 5) is 13.3. The predicted molar refractivity (Wildman–Crippen MR) is 88.9 cm³/mol. The van der Waals surface area contributed by atoms with Crippen LogP contribution in [0.2, 0.25) is 0 Å². The van der Waals surface area contributed by atoms with E-state index in [1.54, 1.807) is 0 Å². The number of Topliss-reactive ketones (excluding diaryl/α,β-unsaturated/α-hetero) is 1. The van der Waals surface area contributed by atoms with E-state index in [1.807, 2.05) is 6.07 Å². The van der Waals surface area contributed by atoms with Gasteiger partial charge in [-0.15, -0.1) is 0 Å². The molecule has 0 saturated heterocycles. The zero-order chi connectivity index (χ0) is 15.0. The molecule has 0 radical (unpaired) electrons. The zero-order valence-corrected chi connectivity index (χ0v) is 12.9. The lowest BCUT2D eigenvalue weighted by Gasteiger charge is -2.40. The van der Waals surface area contributed by atoms with Crippen LogP contribution in [-0.4, -0.2) is 5.78 Å². The van der Waals surface area contributed by atoms with E-state index in [2.05, 4.69) is 48.5 Å². The summed E-state index contributed by atoms with van der Waals surface area (Å²) in [5, 5.41) is 0. The topological polar surface area (TPSA) is 17.1 Å². The molecule has 1 fully saturated rings. The molecular formula is C21H22O. The van der Waals surface area contributed by atoms with E-state index in [-0.39, 0.29) is 11.3 Å². The summed E-state index contributed by atoms with van der Waals surface area (Å²) >= 11 is 0. The van der Waals surface area contributed by atoms with Crippen LogP contribution in [0.5, 0.6) is 0 Å². The molecule has 22 heavy (non-hydrogen) atoms. The molecule has 4 rings (SSSR count). The molecule has 0 spiro atoms. The Balaban J connectivity index is 1.86. The molecule has 1 saturated carbocycles. The van der Waals surface area contributed by atoms with Crippen LogP contribution in [0.15, 0.2) is 54.6 Å². The molecule has 0 heterocycles.